The zero-order chi connectivity index (χ0) is 29.0. The first kappa shape index (κ1) is 30.9. The molecule has 1 heterocycles. The molecular weight excluding hydrogens is 522 g/mol. The van der Waals surface area contributed by atoms with Crippen LogP contribution in [0.1, 0.15) is 86.9 Å². The Balaban J connectivity index is 1.42. The topological polar surface area (TPSA) is 120 Å². The van der Waals surface area contributed by atoms with Gasteiger partial charge in [0.25, 0.3) is 0 Å². The summed E-state index contributed by atoms with van der Waals surface area (Å²) in [4.78, 5) is 25.9. The predicted molar refractivity (Wildman–Crippen MR) is 156 cm³/mol. The molecule has 4 rings (SSSR count). The SMILES string of the molecule is C=CCN(CC1CC(c2ccc(CO)cc2)OC(c2ccc(NC(=O)CCCCC(=O)NO)cc2)O1)C1CCCC1. The van der Waals surface area contributed by atoms with E-state index in [2.05, 4.69) is 16.8 Å². The van der Waals surface area contributed by atoms with Crippen molar-refractivity contribution in [2.45, 2.75) is 88.9 Å². The normalized spacial score (nSPS) is 21.1. The molecule has 3 atom stereocenters. The van der Waals surface area contributed by atoms with Gasteiger partial charge in [0.15, 0.2) is 6.29 Å². The first-order valence-corrected chi connectivity index (χ1v) is 14.7. The van der Waals surface area contributed by atoms with Crippen molar-refractivity contribution < 1.29 is 29.4 Å². The Kier molecular flexibility index (Phi) is 11.9. The number of amides is 2. The predicted octanol–water partition coefficient (Wildman–Crippen LogP) is 5.16. The highest BCUT2D eigenvalue weighted by atomic mass is 16.7. The number of ether oxygens (including phenoxy) is 2. The molecule has 2 fully saturated rings. The standard InChI is InChI=1S/C32H43N3O6/c1-2-19-35(27-7-3-4-8-27)21-28-20-29(24-13-11-23(22-36)12-14-24)41-32(40-28)25-15-17-26(18-16-25)33-30(37)9-5-6-10-31(38)34-39/h2,11-18,27-29,32,36,39H,1,3-10,19-22H2,(H,33,37)(H,34,38). The van der Waals surface area contributed by atoms with Gasteiger partial charge in [-0.2, -0.15) is 0 Å². The Hall–Kier alpha value is -3.08. The maximum atomic E-state index is 12.3. The monoisotopic (exact) mass is 565 g/mol. The maximum absolute atomic E-state index is 12.3. The van der Waals surface area contributed by atoms with E-state index < -0.39 is 12.2 Å². The second-order valence-corrected chi connectivity index (χ2v) is 10.9. The molecule has 222 valence electrons. The number of carbonyl (C=O) groups excluding carboxylic acids is 2. The van der Waals surface area contributed by atoms with Crippen LogP contribution in [0, 0.1) is 0 Å². The summed E-state index contributed by atoms with van der Waals surface area (Å²) in [5.74, 6) is -0.584. The van der Waals surface area contributed by atoms with Crippen molar-refractivity contribution in [3.8, 4) is 0 Å². The summed E-state index contributed by atoms with van der Waals surface area (Å²) in [6.07, 6.45) is 8.41. The van der Waals surface area contributed by atoms with Crippen LogP contribution in [0.4, 0.5) is 5.69 Å². The number of aliphatic hydroxyl groups excluding tert-OH is 1. The summed E-state index contributed by atoms with van der Waals surface area (Å²) in [6, 6.07) is 16.0. The average molecular weight is 566 g/mol. The Morgan fingerprint density at radius 1 is 0.951 bits per heavy atom. The number of carbonyl (C=O) groups is 2. The number of benzene rings is 2. The number of hydroxylamine groups is 1. The lowest BCUT2D eigenvalue weighted by atomic mass is 9.99. The number of nitrogens with one attached hydrogen (secondary N) is 2. The van der Waals surface area contributed by atoms with E-state index in [1.54, 1.807) is 5.48 Å². The molecule has 2 amide bonds. The molecule has 1 aliphatic heterocycles. The third kappa shape index (κ3) is 9.21. The molecule has 9 nitrogen and oxygen atoms in total. The number of hydrogen-bond acceptors (Lipinski definition) is 7. The van der Waals surface area contributed by atoms with Gasteiger partial charge in [-0.1, -0.05) is 55.3 Å². The Morgan fingerprint density at radius 3 is 2.24 bits per heavy atom. The van der Waals surface area contributed by atoms with E-state index in [0.29, 0.717) is 24.6 Å². The first-order valence-electron chi connectivity index (χ1n) is 14.7. The molecule has 0 aromatic heterocycles. The fourth-order valence-electron chi connectivity index (χ4n) is 5.68. The van der Waals surface area contributed by atoms with Gasteiger partial charge in [-0.3, -0.25) is 19.7 Å². The lowest BCUT2D eigenvalue weighted by Crippen LogP contribution is -2.43. The molecular formula is C32H43N3O6. The molecule has 1 saturated carbocycles. The van der Waals surface area contributed by atoms with Crippen LogP contribution < -0.4 is 10.8 Å². The summed E-state index contributed by atoms with van der Waals surface area (Å²) in [6.45, 7) is 5.62. The number of rotatable bonds is 14. The smallest absolute Gasteiger partial charge is 0.243 e. The van der Waals surface area contributed by atoms with Gasteiger partial charge >= 0.3 is 0 Å². The molecule has 3 unspecified atom stereocenters. The van der Waals surface area contributed by atoms with Crippen LogP contribution in [0.25, 0.3) is 0 Å². The van der Waals surface area contributed by atoms with Gasteiger partial charge in [-0.25, -0.2) is 5.48 Å². The fourth-order valence-corrected chi connectivity index (χ4v) is 5.68. The van der Waals surface area contributed by atoms with Crippen LogP contribution in [0.15, 0.2) is 61.2 Å². The fraction of sp³-hybridized carbons (Fsp3) is 0.500. The second-order valence-electron chi connectivity index (χ2n) is 10.9. The van der Waals surface area contributed by atoms with Crippen molar-refractivity contribution >= 4 is 17.5 Å². The molecule has 0 radical (unpaired) electrons. The Bertz CT molecular complexity index is 1120. The molecule has 9 heteroatoms. The highest BCUT2D eigenvalue weighted by Crippen LogP contribution is 2.39. The molecule has 2 aromatic carbocycles. The quantitative estimate of drug-likeness (QED) is 0.108. The summed E-state index contributed by atoms with van der Waals surface area (Å²) in [5, 5.41) is 20.9. The minimum Gasteiger partial charge on any atom is -0.392 e. The molecule has 2 aromatic rings. The molecule has 0 bridgehead atoms. The van der Waals surface area contributed by atoms with E-state index in [9.17, 15) is 14.7 Å². The van der Waals surface area contributed by atoms with Crippen LogP contribution in [0.3, 0.4) is 0 Å². The Morgan fingerprint density at radius 2 is 1.61 bits per heavy atom. The van der Waals surface area contributed by atoms with Gasteiger partial charge < -0.3 is 19.9 Å². The summed E-state index contributed by atoms with van der Waals surface area (Å²) in [5.41, 5.74) is 5.06. The van der Waals surface area contributed by atoms with Gasteiger partial charge in [0.05, 0.1) is 18.8 Å². The maximum Gasteiger partial charge on any atom is 0.243 e. The number of aliphatic hydroxyl groups is 1. The summed E-state index contributed by atoms with van der Waals surface area (Å²) >= 11 is 0. The van der Waals surface area contributed by atoms with Crippen LogP contribution in [-0.2, 0) is 25.7 Å². The zero-order valence-corrected chi connectivity index (χ0v) is 23.7. The van der Waals surface area contributed by atoms with Crippen molar-refractivity contribution in [1.29, 1.82) is 0 Å². The van der Waals surface area contributed by atoms with E-state index in [1.165, 1.54) is 25.7 Å². The van der Waals surface area contributed by atoms with Gasteiger partial charge in [0.2, 0.25) is 11.8 Å². The number of anilines is 1. The summed E-state index contributed by atoms with van der Waals surface area (Å²) in [7, 11) is 0. The van der Waals surface area contributed by atoms with E-state index in [0.717, 1.165) is 36.2 Å². The van der Waals surface area contributed by atoms with Crippen LogP contribution in [-0.4, -0.2) is 52.3 Å². The van der Waals surface area contributed by atoms with Crippen molar-refractivity contribution in [3.05, 3.63) is 77.9 Å². The van der Waals surface area contributed by atoms with Crippen molar-refractivity contribution in [3.63, 3.8) is 0 Å². The molecule has 1 aliphatic carbocycles. The second kappa shape index (κ2) is 15.8. The van der Waals surface area contributed by atoms with Crippen LogP contribution in [0.5, 0.6) is 0 Å². The van der Waals surface area contributed by atoms with E-state index >= 15 is 0 Å². The lowest BCUT2D eigenvalue weighted by Gasteiger charge is -2.39. The zero-order valence-electron chi connectivity index (χ0n) is 23.7. The number of hydrogen-bond donors (Lipinski definition) is 4. The van der Waals surface area contributed by atoms with E-state index in [-0.39, 0.29) is 37.6 Å². The van der Waals surface area contributed by atoms with Crippen LogP contribution in [0.2, 0.25) is 0 Å². The van der Waals surface area contributed by atoms with E-state index in [1.807, 2.05) is 54.6 Å². The largest absolute Gasteiger partial charge is 0.392 e. The summed E-state index contributed by atoms with van der Waals surface area (Å²) < 4.78 is 13.0. The minimum absolute atomic E-state index is 0.00181. The highest BCUT2D eigenvalue weighted by molar-refractivity contribution is 5.90. The van der Waals surface area contributed by atoms with Crippen molar-refractivity contribution in [1.82, 2.24) is 10.4 Å². The molecule has 0 spiro atoms. The van der Waals surface area contributed by atoms with Crippen molar-refractivity contribution in [2.75, 3.05) is 18.4 Å². The van der Waals surface area contributed by atoms with Gasteiger partial charge in [0.1, 0.15) is 0 Å². The minimum atomic E-state index is -0.562. The van der Waals surface area contributed by atoms with Crippen molar-refractivity contribution in [2.24, 2.45) is 0 Å². The first-order chi connectivity index (χ1) is 20.0. The molecule has 1 saturated heterocycles. The average Bonchev–Trinajstić information content (AvgIpc) is 3.54. The Labute approximate surface area is 242 Å². The molecule has 2 aliphatic rings. The van der Waals surface area contributed by atoms with E-state index in [4.69, 9.17) is 14.7 Å². The molecule has 41 heavy (non-hydrogen) atoms. The van der Waals surface area contributed by atoms with Gasteiger partial charge in [-0.15, -0.1) is 6.58 Å². The van der Waals surface area contributed by atoms with Gasteiger partial charge in [0, 0.05) is 49.6 Å². The van der Waals surface area contributed by atoms with Gasteiger partial charge in [-0.05, 0) is 48.9 Å². The highest BCUT2D eigenvalue weighted by Gasteiger charge is 2.34. The third-order valence-corrected chi connectivity index (χ3v) is 7.91. The third-order valence-electron chi connectivity index (χ3n) is 7.91. The lowest BCUT2D eigenvalue weighted by molar-refractivity contribution is -0.253. The van der Waals surface area contributed by atoms with Crippen LogP contribution >= 0.6 is 0 Å². The molecule has 4 N–H and O–H groups in total. The number of unbranched alkanes of at least 4 members (excludes halogenated alkanes) is 1. The number of nitrogens with zero attached hydrogens (tertiary/aromatic N) is 1.